The van der Waals surface area contributed by atoms with Gasteiger partial charge < -0.3 is 10.9 Å². The minimum absolute atomic E-state index is 0. The van der Waals surface area contributed by atoms with E-state index >= 15 is 0 Å². The molecular weight excluding hydrogens is 462 g/mol. The van der Waals surface area contributed by atoms with Crippen LogP contribution in [0.25, 0.3) is 0 Å². The van der Waals surface area contributed by atoms with Crippen LogP contribution in [0.4, 0.5) is 0 Å². The molecule has 3 atom stereocenters. The van der Waals surface area contributed by atoms with Crippen LogP contribution in [-0.4, -0.2) is 11.2 Å². The second-order valence-corrected chi connectivity index (χ2v) is 14.2. The lowest BCUT2D eigenvalue weighted by Crippen LogP contribution is -2.34. The highest BCUT2D eigenvalue weighted by atomic mass is 16.0. The van der Waals surface area contributed by atoms with Crippen molar-refractivity contribution in [1.82, 2.24) is 0 Å². The van der Waals surface area contributed by atoms with E-state index in [1.54, 1.807) is 27.8 Å². The molecule has 214 valence electrons. The zero-order valence-corrected chi connectivity index (χ0v) is 25.0. The van der Waals surface area contributed by atoms with Gasteiger partial charge in [0.1, 0.15) is 0 Å². The lowest BCUT2D eigenvalue weighted by Gasteiger charge is -2.42. The maximum absolute atomic E-state index is 7.94. The van der Waals surface area contributed by atoms with Crippen molar-refractivity contribution in [2.45, 2.75) is 144 Å². The molecule has 1 aromatic carbocycles. The zero-order valence-electron chi connectivity index (χ0n) is 25.0. The molecule has 3 aliphatic carbocycles. The average molecular weight is 522 g/mol. The van der Waals surface area contributed by atoms with Gasteiger partial charge in [0.2, 0.25) is 0 Å². The highest BCUT2D eigenvalue weighted by Gasteiger charge is 2.37. The SMILES string of the molecule is C.CC(=N)C(C)CC1CCCC(CCCC2=CC=C(Cc3cc4c(cc3C)C(C)(C)CCC4(C)C)C2)C1.O. The number of fused-ring (bicyclic) bond motifs is 1. The smallest absolute Gasteiger partial charge is 0.00864 e. The normalized spacial score (nSPS) is 24.3. The van der Waals surface area contributed by atoms with Crippen LogP contribution in [0.5, 0.6) is 0 Å². The van der Waals surface area contributed by atoms with Crippen LogP contribution >= 0.6 is 0 Å². The number of hydrogen-bond acceptors (Lipinski definition) is 1. The van der Waals surface area contributed by atoms with Crippen molar-refractivity contribution in [2.24, 2.45) is 17.8 Å². The third kappa shape index (κ3) is 7.71. The van der Waals surface area contributed by atoms with Gasteiger partial charge in [-0.15, -0.1) is 0 Å². The lowest BCUT2D eigenvalue weighted by atomic mass is 9.62. The van der Waals surface area contributed by atoms with Gasteiger partial charge in [0.15, 0.2) is 0 Å². The second-order valence-electron chi connectivity index (χ2n) is 14.2. The fourth-order valence-corrected chi connectivity index (χ4v) is 7.31. The van der Waals surface area contributed by atoms with Crippen molar-refractivity contribution in [3.05, 3.63) is 57.7 Å². The predicted octanol–water partition coefficient (Wildman–Crippen LogP) is 10.00. The quantitative estimate of drug-likeness (QED) is 0.314. The topological polar surface area (TPSA) is 55.4 Å². The number of hydrogen-bond donors (Lipinski definition) is 1. The Labute approximate surface area is 235 Å². The Bertz CT molecular complexity index is 1020. The summed E-state index contributed by atoms with van der Waals surface area (Å²) in [6, 6.07) is 5.10. The van der Waals surface area contributed by atoms with Gasteiger partial charge in [0.25, 0.3) is 0 Å². The average Bonchev–Trinajstić information content (AvgIpc) is 3.25. The van der Waals surface area contributed by atoms with Crippen molar-refractivity contribution in [1.29, 1.82) is 5.41 Å². The summed E-state index contributed by atoms with van der Waals surface area (Å²) in [7, 11) is 0. The molecule has 0 radical (unpaired) electrons. The van der Waals surface area contributed by atoms with Crippen molar-refractivity contribution in [2.75, 3.05) is 0 Å². The first kappa shape index (κ1) is 32.5. The van der Waals surface area contributed by atoms with Crippen LogP contribution in [0.15, 0.2) is 35.4 Å². The molecule has 0 saturated heterocycles. The molecule has 0 aliphatic heterocycles. The summed E-state index contributed by atoms with van der Waals surface area (Å²) >= 11 is 0. The number of benzene rings is 1. The van der Waals surface area contributed by atoms with Gasteiger partial charge in [-0.3, -0.25) is 0 Å². The van der Waals surface area contributed by atoms with Crippen LogP contribution in [0.2, 0.25) is 0 Å². The van der Waals surface area contributed by atoms with Gasteiger partial charge in [-0.2, -0.15) is 0 Å². The number of aryl methyl sites for hydroxylation is 1. The summed E-state index contributed by atoms with van der Waals surface area (Å²) in [6.45, 7) is 16.3. The van der Waals surface area contributed by atoms with Crippen molar-refractivity contribution in [3.63, 3.8) is 0 Å². The summed E-state index contributed by atoms with van der Waals surface area (Å²) < 4.78 is 0. The molecule has 0 heterocycles. The molecule has 3 aliphatic rings. The van der Waals surface area contributed by atoms with E-state index < -0.39 is 0 Å². The van der Waals surface area contributed by atoms with E-state index in [1.807, 2.05) is 6.92 Å². The molecule has 0 aromatic heterocycles. The molecule has 0 spiro atoms. The Morgan fingerprint density at radius 3 is 2.24 bits per heavy atom. The van der Waals surface area contributed by atoms with E-state index in [2.05, 4.69) is 65.8 Å². The standard InChI is InChI=1S/C35H53N.CH4.H2O/c1-24(26(3)36)18-29-13-9-11-27(20-29)10-8-12-28-14-15-30(21-28)22-31-23-33-32(19-25(31)2)34(4,5)16-17-35(33,6)7;;/h14-15,19,23-24,27,29,36H,8-13,16-18,20-22H2,1-7H3;1H4;1H2. The first-order valence-corrected chi connectivity index (χ1v) is 15.0. The molecule has 2 nitrogen and oxygen atoms in total. The van der Waals surface area contributed by atoms with E-state index in [4.69, 9.17) is 5.41 Å². The minimum atomic E-state index is 0. The van der Waals surface area contributed by atoms with Crippen LogP contribution < -0.4 is 0 Å². The zero-order chi connectivity index (χ0) is 26.1. The van der Waals surface area contributed by atoms with Crippen LogP contribution in [-0.2, 0) is 17.3 Å². The molecule has 3 N–H and O–H groups in total. The van der Waals surface area contributed by atoms with Gasteiger partial charge >= 0.3 is 0 Å². The van der Waals surface area contributed by atoms with E-state index in [9.17, 15) is 0 Å². The van der Waals surface area contributed by atoms with E-state index in [0.717, 1.165) is 24.0 Å². The van der Waals surface area contributed by atoms with Crippen molar-refractivity contribution in [3.8, 4) is 0 Å². The van der Waals surface area contributed by atoms with E-state index in [1.165, 1.54) is 76.2 Å². The van der Waals surface area contributed by atoms with Crippen LogP contribution in [0.3, 0.4) is 0 Å². The Morgan fingerprint density at radius 1 is 0.974 bits per heavy atom. The van der Waals surface area contributed by atoms with Crippen LogP contribution in [0.1, 0.15) is 142 Å². The molecule has 0 bridgehead atoms. The molecule has 4 rings (SSSR count). The maximum atomic E-state index is 7.94. The molecule has 1 fully saturated rings. The number of nitrogens with one attached hydrogen (secondary N) is 1. The van der Waals surface area contributed by atoms with Gasteiger partial charge in [-0.1, -0.05) is 103 Å². The van der Waals surface area contributed by atoms with Gasteiger partial charge in [-0.25, -0.2) is 0 Å². The number of rotatable bonds is 9. The number of allylic oxidation sites excluding steroid dienone is 4. The van der Waals surface area contributed by atoms with Gasteiger partial charge in [0.05, 0.1) is 0 Å². The molecule has 38 heavy (non-hydrogen) atoms. The molecule has 1 aromatic rings. The molecule has 2 heteroatoms. The fourth-order valence-electron chi connectivity index (χ4n) is 7.31. The van der Waals surface area contributed by atoms with E-state index in [0.29, 0.717) is 11.3 Å². The first-order valence-electron chi connectivity index (χ1n) is 15.0. The van der Waals surface area contributed by atoms with Gasteiger partial charge in [0, 0.05) is 5.71 Å². The monoisotopic (exact) mass is 521 g/mol. The Hall–Kier alpha value is -1.67. The largest absolute Gasteiger partial charge is 0.412 e. The third-order valence-electron chi connectivity index (χ3n) is 10.2. The summed E-state index contributed by atoms with van der Waals surface area (Å²) in [5.41, 5.74) is 10.9. The second kappa shape index (κ2) is 13.1. The molecule has 3 unspecified atom stereocenters. The van der Waals surface area contributed by atoms with Crippen molar-refractivity contribution >= 4 is 5.71 Å². The third-order valence-corrected chi connectivity index (χ3v) is 10.2. The predicted molar refractivity (Wildman–Crippen MR) is 168 cm³/mol. The summed E-state index contributed by atoms with van der Waals surface area (Å²) in [6.07, 6.45) is 20.6. The molecular formula is C36H59NO. The first-order chi connectivity index (χ1) is 16.9. The van der Waals surface area contributed by atoms with Gasteiger partial charge in [-0.05, 0) is 116 Å². The fraction of sp³-hybridized carbons (Fsp3) is 0.694. The Kier molecular flexibility index (Phi) is 11.2. The maximum Gasteiger partial charge on any atom is 0.00864 e. The lowest BCUT2D eigenvalue weighted by molar-refractivity contribution is 0.232. The highest BCUT2D eigenvalue weighted by molar-refractivity contribution is 5.80. The summed E-state index contributed by atoms with van der Waals surface area (Å²) in [4.78, 5) is 0. The molecule has 0 amide bonds. The highest BCUT2D eigenvalue weighted by Crippen LogP contribution is 2.47. The summed E-state index contributed by atoms with van der Waals surface area (Å²) in [5, 5.41) is 7.94. The summed E-state index contributed by atoms with van der Waals surface area (Å²) in [5.74, 6) is 2.24. The van der Waals surface area contributed by atoms with Crippen molar-refractivity contribution < 1.29 is 5.48 Å². The van der Waals surface area contributed by atoms with E-state index in [-0.39, 0.29) is 18.3 Å². The Morgan fingerprint density at radius 2 is 1.58 bits per heavy atom. The molecule has 1 saturated carbocycles. The minimum Gasteiger partial charge on any atom is -0.412 e. The Balaban J connectivity index is 0.00000253. The van der Waals surface area contributed by atoms with Crippen LogP contribution in [0, 0.1) is 30.1 Å².